The Morgan fingerprint density at radius 3 is 2.54 bits per heavy atom. The predicted molar refractivity (Wildman–Crippen MR) is 45.4 cm³/mol. The van der Waals surface area contributed by atoms with Gasteiger partial charge in [0.15, 0.2) is 0 Å². The van der Waals surface area contributed by atoms with Crippen LogP contribution in [0.3, 0.4) is 0 Å². The van der Waals surface area contributed by atoms with Crippen LogP contribution in [0.25, 0.3) is 0 Å². The topological polar surface area (TPSA) is 83.5 Å². The van der Waals surface area contributed by atoms with E-state index in [4.69, 9.17) is 5.11 Å². The van der Waals surface area contributed by atoms with E-state index in [0.717, 1.165) is 0 Å². The average Bonchev–Trinajstić information content (AvgIpc) is 2.03. The van der Waals surface area contributed by atoms with Gasteiger partial charge in [0.05, 0.1) is 12.6 Å². The van der Waals surface area contributed by atoms with E-state index in [1.807, 2.05) is 0 Å². The third-order valence-corrected chi connectivity index (χ3v) is 1.59. The zero-order valence-electron chi connectivity index (χ0n) is 7.45. The lowest BCUT2D eigenvalue weighted by Gasteiger charge is -2.11. The molecule has 0 radical (unpaired) electrons. The van der Waals surface area contributed by atoms with Gasteiger partial charge in [-0.2, -0.15) is 0 Å². The molecule has 0 rings (SSSR count). The molecule has 13 heavy (non-hydrogen) atoms. The average molecular weight is 187 g/mol. The molecule has 0 heterocycles. The van der Waals surface area contributed by atoms with E-state index in [1.165, 1.54) is 6.92 Å². The van der Waals surface area contributed by atoms with Crippen LogP contribution in [0.1, 0.15) is 19.8 Å². The second-order valence-corrected chi connectivity index (χ2v) is 2.67. The number of carboxylic acid groups (broad SMARTS) is 1. The number of carboxylic acids is 1. The van der Waals surface area contributed by atoms with E-state index in [2.05, 4.69) is 5.32 Å². The number of hydrogen-bond donors (Lipinski definition) is 2. The lowest BCUT2D eigenvalue weighted by molar-refractivity contribution is -0.137. The number of aliphatic carboxylic acids is 1. The van der Waals surface area contributed by atoms with Crippen LogP contribution in [0.5, 0.6) is 0 Å². The van der Waals surface area contributed by atoms with E-state index in [1.54, 1.807) is 0 Å². The van der Waals surface area contributed by atoms with Gasteiger partial charge in [-0.25, -0.2) is 0 Å². The van der Waals surface area contributed by atoms with Gasteiger partial charge >= 0.3 is 5.97 Å². The van der Waals surface area contributed by atoms with Crippen LogP contribution >= 0.6 is 0 Å². The number of aldehydes is 1. The fraction of sp³-hybridized carbons (Fsp3) is 0.625. The molecule has 1 atom stereocenters. The molecule has 0 aliphatic carbocycles. The van der Waals surface area contributed by atoms with Crippen molar-refractivity contribution in [2.45, 2.75) is 25.8 Å². The number of carbonyl (C=O) groups excluding carboxylic acids is 2. The molecule has 0 aromatic rings. The molecule has 0 aliphatic heterocycles. The van der Waals surface area contributed by atoms with Crippen molar-refractivity contribution < 1.29 is 19.5 Å². The maximum Gasteiger partial charge on any atom is 0.303 e. The lowest BCUT2D eigenvalue weighted by Crippen LogP contribution is -2.36. The zero-order chi connectivity index (χ0) is 10.3. The second kappa shape index (κ2) is 6.30. The van der Waals surface area contributed by atoms with E-state index in [0.29, 0.717) is 6.29 Å². The van der Waals surface area contributed by atoms with Crippen LogP contribution in [-0.4, -0.2) is 35.7 Å². The summed E-state index contributed by atoms with van der Waals surface area (Å²) in [5, 5.41) is 11.0. The minimum absolute atomic E-state index is 0.0733. The standard InChI is InChI=1S/C8H13NO4/c1-6(11)7(9-4-5-10)2-3-8(12)13/h5,7,9H,2-4H2,1H3,(H,12,13). The van der Waals surface area contributed by atoms with Crippen LogP contribution in [-0.2, 0) is 14.4 Å². The molecule has 0 amide bonds. The van der Waals surface area contributed by atoms with Gasteiger partial charge < -0.3 is 15.2 Å². The van der Waals surface area contributed by atoms with E-state index in [-0.39, 0.29) is 25.2 Å². The number of rotatable bonds is 7. The molecule has 0 fully saturated rings. The molecule has 5 heteroatoms. The molecular formula is C8H13NO4. The molecule has 1 unspecified atom stereocenters. The van der Waals surface area contributed by atoms with Crippen LogP contribution in [0.2, 0.25) is 0 Å². The molecule has 5 nitrogen and oxygen atoms in total. The van der Waals surface area contributed by atoms with Crippen molar-refractivity contribution in [3.8, 4) is 0 Å². The quantitative estimate of drug-likeness (QED) is 0.530. The first kappa shape index (κ1) is 11.8. The first-order valence-electron chi connectivity index (χ1n) is 3.97. The molecule has 0 aliphatic rings. The molecule has 0 aromatic heterocycles. The summed E-state index contributed by atoms with van der Waals surface area (Å²) < 4.78 is 0. The summed E-state index contributed by atoms with van der Waals surface area (Å²) in [6, 6.07) is -0.527. The van der Waals surface area contributed by atoms with Gasteiger partial charge in [0.25, 0.3) is 0 Å². The summed E-state index contributed by atoms with van der Waals surface area (Å²) in [6.07, 6.45) is 0.783. The largest absolute Gasteiger partial charge is 0.481 e. The fourth-order valence-electron chi connectivity index (χ4n) is 0.907. The smallest absolute Gasteiger partial charge is 0.303 e. The lowest BCUT2D eigenvalue weighted by atomic mass is 10.1. The third-order valence-electron chi connectivity index (χ3n) is 1.59. The number of carbonyl (C=O) groups is 3. The van der Waals surface area contributed by atoms with E-state index >= 15 is 0 Å². The molecule has 2 N–H and O–H groups in total. The number of nitrogens with one attached hydrogen (secondary N) is 1. The Labute approximate surface area is 76.1 Å². The summed E-state index contributed by atoms with van der Waals surface area (Å²) in [5.74, 6) is -1.10. The van der Waals surface area contributed by atoms with Crippen molar-refractivity contribution in [3.05, 3.63) is 0 Å². The summed E-state index contributed by atoms with van der Waals surface area (Å²) in [6.45, 7) is 1.44. The van der Waals surface area contributed by atoms with Crippen molar-refractivity contribution in [2.75, 3.05) is 6.54 Å². The monoisotopic (exact) mass is 187 g/mol. The second-order valence-electron chi connectivity index (χ2n) is 2.67. The highest BCUT2D eigenvalue weighted by atomic mass is 16.4. The molecular weight excluding hydrogens is 174 g/mol. The highest BCUT2D eigenvalue weighted by Crippen LogP contribution is 1.98. The zero-order valence-corrected chi connectivity index (χ0v) is 7.45. The molecule has 0 bridgehead atoms. The van der Waals surface area contributed by atoms with Gasteiger partial charge in [-0.15, -0.1) is 0 Å². The minimum Gasteiger partial charge on any atom is -0.481 e. The maximum atomic E-state index is 10.9. The Morgan fingerprint density at radius 1 is 1.54 bits per heavy atom. The third kappa shape index (κ3) is 5.98. The Morgan fingerprint density at radius 2 is 2.15 bits per heavy atom. The van der Waals surface area contributed by atoms with Gasteiger partial charge in [-0.05, 0) is 13.3 Å². The minimum atomic E-state index is -0.945. The van der Waals surface area contributed by atoms with Crippen LogP contribution in [0, 0.1) is 0 Å². The van der Waals surface area contributed by atoms with Gasteiger partial charge in [0, 0.05) is 6.42 Å². The molecule has 74 valence electrons. The Balaban J connectivity index is 3.87. The van der Waals surface area contributed by atoms with Crippen LogP contribution in [0.15, 0.2) is 0 Å². The van der Waals surface area contributed by atoms with Gasteiger partial charge in [0.2, 0.25) is 0 Å². The van der Waals surface area contributed by atoms with Gasteiger partial charge in [-0.1, -0.05) is 0 Å². The summed E-state index contributed by atoms with van der Waals surface area (Å²) in [7, 11) is 0. The molecule has 0 saturated heterocycles. The summed E-state index contributed by atoms with van der Waals surface area (Å²) in [4.78, 5) is 31.1. The highest BCUT2D eigenvalue weighted by molar-refractivity contribution is 5.82. The Hall–Kier alpha value is -1.23. The Bertz CT molecular complexity index is 202. The van der Waals surface area contributed by atoms with Crippen molar-refractivity contribution in [1.82, 2.24) is 5.32 Å². The molecule has 0 saturated carbocycles. The molecule has 0 aromatic carbocycles. The van der Waals surface area contributed by atoms with Crippen molar-refractivity contribution in [1.29, 1.82) is 0 Å². The highest BCUT2D eigenvalue weighted by Gasteiger charge is 2.14. The maximum absolute atomic E-state index is 10.9. The normalized spacial score (nSPS) is 12.1. The van der Waals surface area contributed by atoms with Crippen LogP contribution in [0.4, 0.5) is 0 Å². The summed E-state index contributed by atoms with van der Waals surface area (Å²) in [5.41, 5.74) is 0. The van der Waals surface area contributed by atoms with Crippen molar-refractivity contribution in [2.24, 2.45) is 0 Å². The SMILES string of the molecule is CC(=O)C(CCC(=O)O)NCC=O. The van der Waals surface area contributed by atoms with Gasteiger partial charge in [0.1, 0.15) is 12.1 Å². The Kier molecular flexibility index (Phi) is 5.71. The van der Waals surface area contributed by atoms with E-state index in [9.17, 15) is 14.4 Å². The number of ketones is 1. The van der Waals surface area contributed by atoms with Crippen molar-refractivity contribution >= 4 is 18.0 Å². The molecule has 0 spiro atoms. The first-order valence-corrected chi connectivity index (χ1v) is 3.97. The van der Waals surface area contributed by atoms with E-state index < -0.39 is 12.0 Å². The summed E-state index contributed by atoms with van der Waals surface area (Å²) >= 11 is 0. The fourth-order valence-corrected chi connectivity index (χ4v) is 0.907. The van der Waals surface area contributed by atoms with Crippen molar-refractivity contribution in [3.63, 3.8) is 0 Å². The first-order chi connectivity index (χ1) is 6.07. The van der Waals surface area contributed by atoms with Gasteiger partial charge in [-0.3, -0.25) is 9.59 Å². The van der Waals surface area contributed by atoms with Crippen LogP contribution < -0.4 is 5.32 Å². The number of Topliss-reactive ketones (excluding diaryl/α,β-unsaturated/α-hetero) is 1. The number of hydrogen-bond acceptors (Lipinski definition) is 4. The predicted octanol–water partition coefficient (Wildman–Crippen LogP) is -0.403.